The molecule has 0 bridgehead atoms. The Morgan fingerprint density at radius 3 is 2.31 bits per heavy atom. The van der Waals surface area contributed by atoms with Crippen molar-refractivity contribution in [1.29, 1.82) is 0 Å². The normalized spacial score (nSPS) is 13.6. The molecule has 3 aromatic carbocycles. The van der Waals surface area contributed by atoms with Crippen LogP contribution in [0.4, 0.5) is 0 Å². The van der Waals surface area contributed by atoms with E-state index in [0.717, 1.165) is 11.3 Å². The van der Waals surface area contributed by atoms with Gasteiger partial charge < -0.3 is 25.1 Å². The van der Waals surface area contributed by atoms with Gasteiger partial charge in [-0.3, -0.25) is 4.79 Å². The molecule has 3 aromatic rings. The maximum Gasteiger partial charge on any atom is 0.309 e. The van der Waals surface area contributed by atoms with E-state index in [0.29, 0.717) is 23.7 Å². The van der Waals surface area contributed by atoms with Crippen LogP contribution in [0.15, 0.2) is 78.9 Å². The molecule has 0 radical (unpaired) electrons. The number of ether oxygens (including phenoxy) is 3. The Balaban J connectivity index is 1.55. The fourth-order valence-corrected chi connectivity index (χ4v) is 3.20. The highest BCUT2D eigenvalue weighted by molar-refractivity contribution is 5.72. The predicted octanol–water partition coefficient (Wildman–Crippen LogP) is 4.27. The molecule has 3 atom stereocenters. The highest BCUT2D eigenvalue weighted by Gasteiger charge is 2.24. The van der Waals surface area contributed by atoms with Crippen LogP contribution in [0.25, 0.3) is 0 Å². The highest BCUT2D eigenvalue weighted by atomic mass is 16.5. The molecule has 0 aliphatic rings. The number of para-hydroxylation sites is 1. The number of nitrogens with two attached hydrogens (primary N) is 1. The van der Waals surface area contributed by atoms with Crippen LogP contribution in [0.2, 0.25) is 0 Å². The van der Waals surface area contributed by atoms with Crippen LogP contribution >= 0.6 is 0 Å². The van der Waals surface area contributed by atoms with Gasteiger partial charge in [-0.15, -0.1) is 0 Å². The number of hydrogen-bond donors (Lipinski definition) is 2. The Morgan fingerprint density at radius 1 is 0.938 bits per heavy atom. The first kappa shape index (κ1) is 23.3. The fourth-order valence-electron chi connectivity index (χ4n) is 3.20. The Kier molecular flexibility index (Phi) is 8.25. The topological polar surface area (TPSA) is 91.0 Å². The third kappa shape index (κ3) is 6.57. The van der Waals surface area contributed by atoms with E-state index in [4.69, 9.17) is 15.2 Å². The first-order chi connectivity index (χ1) is 15.5. The molecule has 0 aliphatic heterocycles. The van der Waals surface area contributed by atoms with Gasteiger partial charge in [-0.2, -0.15) is 0 Å². The number of aliphatic hydroxyl groups is 1. The summed E-state index contributed by atoms with van der Waals surface area (Å²) in [5.74, 6) is 1.63. The second-order valence-corrected chi connectivity index (χ2v) is 7.69. The van der Waals surface area contributed by atoms with Crippen molar-refractivity contribution in [1.82, 2.24) is 0 Å². The van der Waals surface area contributed by atoms with Gasteiger partial charge in [0.1, 0.15) is 17.2 Å². The van der Waals surface area contributed by atoms with E-state index in [9.17, 15) is 9.90 Å². The number of esters is 1. The van der Waals surface area contributed by atoms with Crippen molar-refractivity contribution >= 4 is 5.97 Å². The van der Waals surface area contributed by atoms with Crippen LogP contribution in [-0.2, 0) is 16.0 Å². The minimum atomic E-state index is -0.865. The van der Waals surface area contributed by atoms with E-state index in [-0.39, 0.29) is 18.3 Å². The van der Waals surface area contributed by atoms with Crippen molar-refractivity contribution < 1.29 is 24.1 Å². The minimum Gasteiger partial charge on any atom is -0.493 e. The largest absolute Gasteiger partial charge is 0.493 e. The van der Waals surface area contributed by atoms with Crippen LogP contribution in [-0.4, -0.2) is 30.8 Å². The molecule has 0 saturated carbocycles. The Labute approximate surface area is 188 Å². The minimum absolute atomic E-state index is 0.113. The number of aliphatic hydroxyl groups excluding tert-OH is 1. The number of methoxy groups -OCH3 is 1. The molecular weight excluding hydrogens is 406 g/mol. The van der Waals surface area contributed by atoms with Gasteiger partial charge in [0.15, 0.2) is 0 Å². The lowest BCUT2D eigenvalue weighted by atomic mass is 9.93. The Morgan fingerprint density at radius 2 is 1.62 bits per heavy atom. The second-order valence-electron chi connectivity index (χ2n) is 7.69. The van der Waals surface area contributed by atoms with Gasteiger partial charge >= 0.3 is 5.97 Å². The highest BCUT2D eigenvalue weighted by Crippen LogP contribution is 2.27. The monoisotopic (exact) mass is 435 g/mol. The third-order valence-corrected chi connectivity index (χ3v) is 5.21. The molecule has 0 amide bonds. The third-order valence-electron chi connectivity index (χ3n) is 5.21. The van der Waals surface area contributed by atoms with E-state index < -0.39 is 12.1 Å². The molecule has 0 heterocycles. The maximum absolute atomic E-state index is 11.4. The zero-order valence-electron chi connectivity index (χ0n) is 18.3. The van der Waals surface area contributed by atoms with E-state index in [1.54, 1.807) is 18.2 Å². The zero-order chi connectivity index (χ0) is 22.9. The molecule has 0 saturated heterocycles. The first-order valence-corrected chi connectivity index (χ1v) is 10.5. The van der Waals surface area contributed by atoms with Gasteiger partial charge in [0.25, 0.3) is 0 Å². The lowest BCUT2D eigenvalue weighted by molar-refractivity contribution is -0.139. The van der Waals surface area contributed by atoms with E-state index in [1.807, 2.05) is 67.6 Å². The van der Waals surface area contributed by atoms with Crippen LogP contribution < -0.4 is 15.2 Å². The summed E-state index contributed by atoms with van der Waals surface area (Å²) in [7, 11) is 1.37. The lowest BCUT2D eigenvalue weighted by Crippen LogP contribution is -2.37. The quantitative estimate of drug-likeness (QED) is 0.462. The zero-order valence-corrected chi connectivity index (χ0v) is 18.3. The summed E-state index contributed by atoms with van der Waals surface area (Å²) >= 11 is 0. The molecule has 6 heteroatoms. The van der Waals surface area contributed by atoms with Gasteiger partial charge in [0.2, 0.25) is 0 Å². The average molecular weight is 436 g/mol. The van der Waals surface area contributed by atoms with Crippen molar-refractivity contribution in [3.63, 3.8) is 0 Å². The van der Waals surface area contributed by atoms with E-state index >= 15 is 0 Å². The number of carbonyl (C=O) groups is 1. The van der Waals surface area contributed by atoms with E-state index in [1.165, 1.54) is 7.11 Å². The molecule has 0 fully saturated rings. The maximum atomic E-state index is 11.4. The summed E-state index contributed by atoms with van der Waals surface area (Å²) < 4.78 is 16.4. The molecule has 0 aliphatic carbocycles. The Bertz CT molecular complexity index is 991. The molecule has 3 rings (SSSR count). The number of benzene rings is 3. The summed E-state index contributed by atoms with van der Waals surface area (Å²) in [5, 5.41) is 10.8. The molecule has 6 nitrogen and oxygen atoms in total. The summed E-state index contributed by atoms with van der Waals surface area (Å²) in [6.07, 6.45) is -0.646. The molecular formula is C26H29NO5. The van der Waals surface area contributed by atoms with Crippen molar-refractivity contribution in [2.24, 2.45) is 11.7 Å². The fraction of sp³-hybridized carbons (Fsp3) is 0.269. The molecule has 3 N–H and O–H groups in total. The molecule has 168 valence electrons. The lowest BCUT2D eigenvalue weighted by Gasteiger charge is -2.25. The predicted molar refractivity (Wildman–Crippen MR) is 123 cm³/mol. The number of carbonyl (C=O) groups excluding carboxylic acids is 1. The van der Waals surface area contributed by atoms with Crippen molar-refractivity contribution in [3.05, 3.63) is 90.0 Å². The van der Waals surface area contributed by atoms with Crippen molar-refractivity contribution in [3.8, 4) is 17.2 Å². The average Bonchev–Trinajstić information content (AvgIpc) is 2.83. The van der Waals surface area contributed by atoms with Crippen molar-refractivity contribution in [2.75, 3.05) is 13.7 Å². The molecule has 32 heavy (non-hydrogen) atoms. The van der Waals surface area contributed by atoms with Gasteiger partial charge in [-0.1, -0.05) is 49.4 Å². The second kappa shape index (κ2) is 11.3. The molecule has 0 aromatic heterocycles. The summed E-state index contributed by atoms with van der Waals surface area (Å²) in [6.45, 7) is 2.28. The van der Waals surface area contributed by atoms with Gasteiger partial charge in [0.05, 0.1) is 26.2 Å². The standard InChI is InChI=1S/C26H29NO5/c1-18(17-31-21-13-11-19(12-14-21)15-24(28)30-2)25(27)26(29)20-7-6-10-23(16-20)32-22-8-4-3-5-9-22/h3-14,16,18,25-26,29H,15,17,27H2,1-2H3. The summed E-state index contributed by atoms with van der Waals surface area (Å²) in [5.41, 5.74) is 7.87. The van der Waals surface area contributed by atoms with Crippen LogP contribution in [0.5, 0.6) is 17.2 Å². The Hall–Kier alpha value is -3.35. The summed E-state index contributed by atoms with van der Waals surface area (Å²) in [4.78, 5) is 11.4. The smallest absolute Gasteiger partial charge is 0.309 e. The van der Waals surface area contributed by atoms with Gasteiger partial charge in [-0.05, 0) is 47.5 Å². The SMILES string of the molecule is COC(=O)Cc1ccc(OCC(C)C(N)C(O)c2cccc(Oc3ccccc3)c2)cc1. The molecule has 0 spiro atoms. The number of rotatable bonds is 10. The van der Waals surface area contributed by atoms with Crippen LogP contribution in [0.3, 0.4) is 0 Å². The van der Waals surface area contributed by atoms with Gasteiger partial charge in [-0.25, -0.2) is 0 Å². The first-order valence-electron chi connectivity index (χ1n) is 10.5. The number of hydrogen-bond acceptors (Lipinski definition) is 6. The van der Waals surface area contributed by atoms with Crippen LogP contribution in [0.1, 0.15) is 24.2 Å². The molecule has 3 unspecified atom stereocenters. The van der Waals surface area contributed by atoms with Crippen LogP contribution in [0, 0.1) is 5.92 Å². The van der Waals surface area contributed by atoms with E-state index in [2.05, 4.69) is 4.74 Å². The summed E-state index contributed by atoms with van der Waals surface area (Å²) in [6, 6.07) is 23.5. The van der Waals surface area contributed by atoms with Gasteiger partial charge in [0, 0.05) is 12.0 Å². The van der Waals surface area contributed by atoms with Crippen molar-refractivity contribution in [2.45, 2.75) is 25.5 Å².